The number of ether oxygens (including phenoxy) is 2. The Morgan fingerprint density at radius 3 is 2.75 bits per heavy atom. The predicted molar refractivity (Wildman–Crippen MR) is 79.4 cm³/mol. The van der Waals surface area contributed by atoms with E-state index < -0.39 is 40.6 Å². The van der Waals surface area contributed by atoms with Crippen LogP contribution in [0.2, 0.25) is 0 Å². The van der Waals surface area contributed by atoms with Crippen LogP contribution in [0.1, 0.15) is 26.7 Å². The maximum absolute atomic E-state index is 12.3. The Morgan fingerprint density at radius 1 is 1.46 bits per heavy atom. The van der Waals surface area contributed by atoms with E-state index in [9.17, 15) is 24.6 Å². The molecule has 0 spiro atoms. The molecule has 0 aromatic rings. The van der Waals surface area contributed by atoms with Crippen LogP contribution in [0.4, 0.5) is 0 Å². The molecule has 0 aromatic heterocycles. The number of rotatable bonds is 3. The number of methoxy groups -OCH3 is 1. The molecule has 8 nitrogen and oxygen atoms in total. The monoisotopic (exact) mass is 339 g/mol. The highest BCUT2D eigenvalue weighted by Crippen LogP contribution is 2.61. The maximum Gasteiger partial charge on any atom is 0.350 e. The van der Waals surface area contributed by atoms with Crippen molar-refractivity contribution in [1.82, 2.24) is 5.32 Å². The van der Waals surface area contributed by atoms with Gasteiger partial charge in [-0.1, -0.05) is 6.92 Å². The fourth-order valence-corrected chi connectivity index (χ4v) is 4.49. The molecule has 2 fully saturated rings. The second-order valence-corrected chi connectivity index (χ2v) is 7.29. The molecule has 132 valence electrons. The van der Waals surface area contributed by atoms with Gasteiger partial charge in [-0.3, -0.25) is 10.1 Å². The van der Waals surface area contributed by atoms with E-state index in [1.165, 1.54) is 6.08 Å². The number of aliphatic hydroxyl groups excluding tert-OH is 1. The fourth-order valence-electron chi connectivity index (χ4n) is 4.49. The molecule has 5 atom stereocenters. The minimum Gasteiger partial charge on any atom is -0.466 e. The van der Waals surface area contributed by atoms with Gasteiger partial charge in [-0.2, -0.15) is 0 Å². The lowest BCUT2D eigenvalue weighted by atomic mass is 9.53. The van der Waals surface area contributed by atoms with Gasteiger partial charge in [0.1, 0.15) is 6.61 Å². The van der Waals surface area contributed by atoms with Crippen molar-refractivity contribution in [2.45, 2.75) is 44.6 Å². The molecular weight excluding hydrogens is 318 g/mol. The van der Waals surface area contributed by atoms with Gasteiger partial charge in [0.2, 0.25) is 6.23 Å². The minimum atomic E-state index is -1.99. The van der Waals surface area contributed by atoms with Crippen molar-refractivity contribution in [2.24, 2.45) is 10.8 Å². The maximum atomic E-state index is 12.3. The summed E-state index contributed by atoms with van der Waals surface area (Å²) in [6.07, 6.45) is 0.224. The summed E-state index contributed by atoms with van der Waals surface area (Å²) in [6, 6.07) is -0.973. The van der Waals surface area contributed by atoms with Crippen molar-refractivity contribution in [3.63, 3.8) is 0 Å². The van der Waals surface area contributed by atoms with Gasteiger partial charge in [0.05, 0.1) is 18.6 Å². The third-order valence-electron chi connectivity index (χ3n) is 5.70. The minimum absolute atomic E-state index is 0.0659. The lowest BCUT2D eigenvalue weighted by molar-refractivity contribution is -0.169. The summed E-state index contributed by atoms with van der Waals surface area (Å²) < 4.78 is 9.58. The van der Waals surface area contributed by atoms with Crippen LogP contribution in [-0.2, 0) is 23.9 Å². The van der Waals surface area contributed by atoms with Gasteiger partial charge in [0.15, 0.2) is 11.4 Å². The topological polar surface area (TPSA) is 122 Å². The molecule has 0 aromatic carbocycles. The van der Waals surface area contributed by atoms with Gasteiger partial charge in [-0.05, 0) is 30.4 Å². The van der Waals surface area contributed by atoms with Crippen molar-refractivity contribution in [3.05, 3.63) is 11.6 Å². The highest BCUT2D eigenvalue weighted by atomic mass is 16.6. The quantitative estimate of drug-likeness (QED) is 0.444. The Balaban J connectivity index is 2.04. The Bertz CT molecular complexity index is 659. The van der Waals surface area contributed by atoms with Crippen LogP contribution in [0.15, 0.2) is 11.6 Å². The third-order valence-corrected chi connectivity index (χ3v) is 5.70. The number of carbonyl (C=O) groups excluding carboxylic acids is 3. The van der Waals surface area contributed by atoms with E-state index in [1.807, 2.05) is 6.92 Å². The highest BCUT2D eigenvalue weighted by Gasteiger charge is 2.71. The summed E-state index contributed by atoms with van der Waals surface area (Å²) in [5, 5.41) is 23.7. The van der Waals surface area contributed by atoms with Gasteiger partial charge in [-0.25, -0.2) is 9.59 Å². The zero-order valence-corrected chi connectivity index (χ0v) is 13.8. The molecule has 24 heavy (non-hydrogen) atoms. The van der Waals surface area contributed by atoms with Crippen LogP contribution >= 0.6 is 0 Å². The molecule has 0 radical (unpaired) electrons. The van der Waals surface area contributed by atoms with Gasteiger partial charge >= 0.3 is 11.9 Å². The number of carbonyl (C=O) groups is 3. The van der Waals surface area contributed by atoms with Crippen LogP contribution in [-0.4, -0.2) is 59.5 Å². The van der Waals surface area contributed by atoms with E-state index in [0.717, 1.165) is 7.11 Å². The van der Waals surface area contributed by atoms with E-state index in [4.69, 9.17) is 4.74 Å². The van der Waals surface area contributed by atoms with Crippen LogP contribution in [0, 0.1) is 10.8 Å². The van der Waals surface area contributed by atoms with Crippen molar-refractivity contribution in [1.29, 1.82) is 0 Å². The molecule has 8 heteroatoms. The number of ketones is 1. The largest absolute Gasteiger partial charge is 0.466 e. The summed E-state index contributed by atoms with van der Waals surface area (Å²) in [6.45, 7) is 3.47. The van der Waals surface area contributed by atoms with Crippen molar-refractivity contribution < 1.29 is 34.1 Å². The number of hydrogen-bond acceptors (Lipinski definition) is 8. The standard InChI is InChI=1S/C16H21NO7/c1-14-5-8(18)4-9(14)15(2)7-24-13(21)16(15,22)10(6-14)17-11(19)12(20)23-3/h4,10-11,17,19,22H,5-7H2,1-3H3/t10-,11?,14?,15+,16-/m1/s1. The summed E-state index contributed by atoms with van der Waals surface area (Å²) in [5.74, 6) is -1.84. The number of fused-ring (bicyclic) bond motifs is 3. The number of allylic oxidation sites excluding steroid dienone is 1. The Kier molecular flexibility index (Phi) is 3.63. The van der Waals surface area contributed by atoms with Gasteiger partial charge in [0.25, 0.3) is 0 Å². The molecule has 1 saturated carbocycles. The van der Waals surface area contributed by atoms with E-state index in [-0.39, 0.29) is 25.2 Å². The van der Waals surface area contributed by atoms with Gasteiger partial charge < -0.3 is 19.7 Å². The molecule has 1 heterocycles. The average molecular weight is 339 g/mol. The Labute approximate surface area is 138 Å². The van der Waals surface area contributed by atoms with E-state index in [0.29, 0.717) is 5.57 Å². The summed E-state index contributed by atoms with van der Waals surface area (Å²) >= 11 is 0. The third kappa shape index (κ3) is 2.00. The molecule has 1 saturated heterocycles. The van der Waals surface area contributed by atoms with Crippen LogP contribution in [0.5, 0.6) is 0 Å². The van der Waals surface area contributed by atoms with E-state index in [2.05, 4.69) is 10.1 Å². The molecule has 0 amide bonds. The first-order valence-electron chi connectivity index (χ1n) is 7.75. The molecule has 3 aliphatic rings. The molecule has 2 unspecified atom stereocenters. The smallest absolute Gasteiger partial charge is 0.350 e. The van der Waals surface area contributed by atoms with Crippen molar-refractivity contribution >= 4 is 17.7 Å². The highest BCUT2D eigenvalue weighted by molar-refractivity contribution is 5.96. The summed E-state index contributed by atoms with van der Waals surface area (Å²) in [4.78, 5) is 35.8. The van der Waals surface area contributed by atoms with Crippen LogP contribution in [0.3, 0.4) is 0 Å². The molecule has 2 aliphatic carbocycles. The molecule has 3 N–H and O–H groups in total. The number of nitrogens with one attached hydrogen (secondary N) is 1. The molecule has 0 bridgehead atoms. The first-order chi connectivity index (χ1) is 11.1. The zero-order valence-electron chi connectivity index (χ0n) is 13.8. The van der Waals surface area contributed by atoms with Crippen molar-refractivity contribution in [3.8, 4) is 0 Å². The van der Waals surface area contributed by atoms with Crippen LogP contribution < -0.4 is 5.32 Å². The van der Waals surface area contributed by atoms with E-state index in [1.54, 1.807) is 6.92 Å². The summed E-state index contributed by atoms with van der Waals surface area (Å²) in [5.41, 5.74) is -3.01. The van der Waals surface area contributed by atoms with Gasteiger partial charge in [0, 0.05) is 6.42 Å². The first kappa shape index (κ1) is 17.1. The number of aliphatic hydroxyl groups is 2. The SMILES string of the molecule is COC(=O)C(O)N[C@@H]1CC2(C)CC(=O)C=C2[C@]2(C)COC(=O)[C@]12O. The zero-order chi connectivity index (χ0) is 17.9. The Morgan fingerprint density at radius 2 is 2.12 bits per heavy atom. The Hall–Kier alpha value is -1.77. The number of hydrogen-bond donors (Lipinski definition) is 3. The fraction of sp³-hybridized carbons (Fsp3) is 0.688. The molecular formula is C16H21NO7. The lowest BCUT2D eigenvalue weighted by Crippen LogP contribution is -2.69. The second-order valence-electron chi connectivity index (χ2n) is 7.29. The molecule has 3 rings (SSSR count). The molecule has 1 aliphatic heterocycles. The number of cyclic esters (lactones) is 1. The average Bonchev–Trinajstić information content (AvgIpc) is 2.95. The van der Waals surface area contributed by atoms with E-state index >= 15 is 0 Å². The van der Waals surface area contributed by atoms with Crippen molar-refractivity contribution in [2.75, 3.05) is 13.7 Å². The second kappa shape index (κ2) is 5.11. The number of esters is 2. The first-order valence-corrected chi connectivity index (χ1v) is 7.75. The normalized spacial score (nSPS) is 42.0. The summed E-state index contributed by atoms with van der Waals surface area (Å²) in [7, 11) is 1.12. The lowest BCUT2D eigenvalue weighted by Gasteiger charge is -2.53. The van der Waals surface area contributed by atoms with Gasteiger partial charge in [-0.15, -0.1) is 0 Å². The predicted octanol–water partition coefficient (Wildman–Crippen LogP) is -0.961. The van der Waals surface area contributed by atoms with Crippen LogP contribution in [0.25, 0.3) is 0 Å².